The van der Waals surface area contributed by atoms with Gasteiger partial charge in [0.25, 0.3) is 0 Å². The summed E-state index contributed by atoms with van der Waals surface area (Å²) >= 11 is 0. The normalized spacial score (nSPS) is 9.58. The van der Waals surface area contributed by atoms with Gasteiger partial charge in [-0.05, 0) is 30.2 Å². The predicted octanol–water partition coefficient (Wildman–Crippen LogP) is 2.88. The fourth-order valence-corrected chi connectivity index (χ4v) is 1.75. The first-order valence-corrected chi connectivity index (χ1v) is 6.26. The molecule has 2 rings (SSSR count). The third kappa shape index (κ3) is 3.87. The lowest BCUT2D eigenvalue weighted by Gasteiger charge is -2.09. The second-order valence-corrected chi connectivity index (χ2v) is 4.28. The van der Waals surface area contributed by atoms with E-state index < -0.39 is 0 Å². The predicted molar refractivity (Wildman–Crippen MR) is 77.9 cm³/mol. The molecule has 0 fully saturated rings. The molecule has 0 aliphatic heterocycles. The van der Waals surface area contributed by atoms with Gasteiger partial charge in [-0.25, -0.2) is 0 Å². The Morgan fingerprint density at radius 3 is 2.63 bits per heavy atom. The number of rotatable bonds is 3. The molecule has 2 N–H and O–H groups in total. The summed E-state index contributed by atoms with van der Waals surface area (Å²) in [6.45, 7) is 2.93. The maximum absolute atomic E-state index is 5.83. The van der Waals surface area contributed by atoms with Gasteiger partial charge in [0.05, 0.1) is 12.1 Å². The first kappa shape index (κ1) is 13.2. The lowest BCUT2D eigenvalue weighted by atomic mass is 10.1. The van der Waals surface area contributed by atoms with Gasteiger partial charge in [0.1, 0.15) is 12.4 Å². The highest BCUT2D eigenvalue weighted by Crippen LogP contribution is 2.20. The van der Waals surface area contributed by atoms with Gasteiger partial charge in [-0.1, -0.05) is 48.2 Å². The smallest absolute Gasteiger partial charge is 0.135 e. The average molecular weight is 251 g/mol. The molecule has 0 unspecified atom stereocenters. The molecule has 0 aliphatic carbocycles. The molecule has 0 radical (unpaired) electrons. The fourth-order valence-electron chi connectivity index (χ4n) is 1.75. The van der Waals surface area contributed by atoms with E-state index >= 15 is 0 Å². The summed E-state index contributed by atoms with van der Waals surface area (Å²) in [6, 6.07) is 16.1. The third-order valence-electron chi connectivity index (χ3n) is 2.70. The van der Waals surface area contributed by atoms with Crippen LogP contribution < -0.4 is 10.5 Å². The highest BCUT2D eigenvalue weighted by Gasteiger charge is 2.02. The Balaban J connectivity index is 2.15. The van der Waals surface area contributed by atoms with Gasteiger partial charge in [0, 0.05) is 0 Å². The first-order chi connectivity index (χ1) is 9.29. The minimum atomic E-state index is 0.353. The second kappa shape index (κ2) is 6.63. The van der Waals surface area contributed by atoms with Crippen LogP contribution in [0, 0.1) is 18.8 Å². The maximum atomic E-state index is 5.83. The van der Waals surface area contributed by atoms with E-state index in [1.807, 2.05) is 55.5 Å². The van der Waals surface area contributed by atoms with Crippen molar-refractivity contribution < 1.29 is 4.74 Å². The molecule has 0 saturated heterocycles. The first-order valence-electron chi connectivity index (χ1n) is 6.26. The summed E-state index contributed by atoms with van der Waals surface area (Å²) in [6.07, 6.45) is 0. The van der Waals surface area contributed by atoms with E-state index in [0.29, 0.717) is 13.2 Å². The number of hydrogen-bond donors (Lipinski definition) is 1. The molecular formula is C17H17NO. The summed E-state index contributed by atoms with van der Waals surface area (Å²) in [5.74, 6) is 6.72. The Hall–Kier alpha value is -2.24. The van der Waals surface area contributed by atoms with Crippen molar-refractivity contribution >= 4 is 0 Å². The molecule has 0 spiro atoms. The van der Waals surface area contributed by atoms with Crippen molar-refractivity contribution in [2.45, 2.75) is 13.5 Å². The van der Waals surface area contributed by atoms with Crippen LogP contribution in [-0.4, -0.2) is 6.54 Å². The van der Waals surface area contributed by atoms with E-state index in [0.717, 1.165) is 22.4 Å². The quantitative estimate of drug-likeness (QED) is 0.851. The van der Waals surface area contributed by atoms with E-state index in [2.05, 4.69) is 11.8 Å². The molecule has 0 amide bonds. The van der Waals surface area contributed by atoms with Crippen molar-refractivity contribution in [1.82, 2.24) is 0 Å². The van der Waals surface area contributed by atoms with E-state index in [4.69, 9.17) is 10.5 Å². The Morgan fingerprint density at radius 1 is 1.11 bits per heavy atom. The number of nitrogens with two attached hydrogens (primary N) is 1. The Morgan fingerprint density at radius 2 is 1.89 bits per heavy atom. The van der Waals surface area contributed by atoms with Crippen LogP contribution in [0.25, 0.3) is 0 Å². The molecule has 0 aliphatic rings. The molecule has 19 heavy (non-hydrogen) atoms. The van der Waals surface area contributed by atoms with Crippen molar-refractivity contribution in [3.8, 4) is 17.6 Å². The Bertz CT molecular complexity index is 594. The number of hydrogen-bond acceptors (Lipinski definition) is 2. The zero-order valence-electron chi connectivity index (χ0n) is 11.0. The lowest BCUT2D eigenvalue weighted by molar-refractivity contribution is 0.305. The van der Waals surface area contributed by atoms with Gasteiger partial charge in [-0.15, -0.1) is 0 Å². The minimum absolute atomic E-state index is 0.353. The van der Waals surface area contributed by atoms with Gasteiger partial charge in [0.2, 0.25) is 0 Å². The summed E-state index contributed by atoms with van der Waals surface area (Å²) < 4.78 is 5.83. The van der Waals surface area contributed by atoms with Crippen LogP contribution in [0.3, 0.4) is 0 Å². The van der Waals surface area contributed by atoms with Crippen molar-refractivity contribution in [3.63, 3.8) is 0 Å². The third-order valence-corrected chi connectivity index (χ3v) is 2.70. The van der Waals surface area contributed by atoms with Crippen molar-refractivity contribution in [1.29, 1.82) is 0 Å². The molecule has 0 atom stereocenters. The van der Waals surface area contributed by atoms with Crippen LogP contribution >= 0.6 is 0 Å². The van der Waals surface area contributed by atoms with Gasteiger partial charge in [-0.2, -0.15) is 0 Å². The van der Waals surface area contributed by atoms with Crippen molar-refractivity contribution in [3.05, 3.63) is 65.2 Å². The van der Waals surface area contributed by atoms with E-state index in [1.54, 1.807) is 0 Å². The van der Waals surface area contributed by atoms with E-state index in [1.165, 1.54) is 0 Å². The molecule has 0 bridgehead atoms. The van der Waals surface area contributed by atoms with E-state index in [9.17, 15) is 0 Å². The van der Waals surface area contributed by atoms with Crippen LogP contribution in [0.4, 0.5) is 0 Å². The van der Waals surface area contributed by atoms with Gasteiger partial charge in [0.15, 0.2) is 0 Å². The molecule has 2 aromatic carbocycles. The van der Waals surface area contributed by atoms with E-state index in [-0.39, 0.29) is 0 Å². The van der Waals surface area contributed by atoms with Gasteiger partial charge in [-0.3, -0.25) is 0 Å². The maximum Gasteiger partial charge on any atom is 0.135 e. The summed E-state index contributed by atoms with van der Waals surface area (Å²) in [7, 11) is 0. The molecular weight excluding hydrogens is 234 g/mol. The van der Waals surface area contributed by atoms with Crippen molar-refractivity contribution in [2.24, 2.45) is 5.73 Å². The topological polar surface area (TPSA) is 35.2 Å². The van der Waals surface area contributed by atoms with Crippen LogP contribution in [-0.2, 0) is 6.61 Å². The number of aryl methyl sites for hydroxylation is 1. The van der Waals surface area contributed by atoms with Crippen LogP contribution in [0.2, 0.25) is 0 Å². The molecule has 0 saturated carbocycles. The van der Waals surface area contributed by atoms with Crippen LogP contribution in [0.1, 0.15) is 16.7 Å². The molecule has 2 nitrogen and oxygen atoms in total. The lowest BCUT2D eigenvalue weighted by Crippen LogP contribution is -1.98. The highest BCUT2D eigenvalue weighted by molar-refractivity contribution is 5.48. The average Bonchev–Trinajstić information content (AvgIpc) is 2.45. The molecule has 0 heterocycles. The largest absolute Gasteiger partial charge is 0.488 e. The Labute approximate surface area is 114 Å². The second-order valence-electron chi connectivity index (χ2n) is 4.28. The minimum Gasteiger partial charge on any atom is -0.488 e. The SMILES string of the molecule is Cc1ccc(OCc2ccccc2)c(C#CCN)c1. The van der Waals surface area contributed by atoms with Gasteiger partial charge >= 0.3 is 0 Å². The number of benzene rings is 2. The molecule has 2 heteroatoms. The molecule has 2 aromatic rings. The molecule has 96 valence electrons. The van der Waals surface area contributed by atoms with Crippen LogP contribution in [0.5, 0.6) is 5.75 Å². The Kier molecular flexibility index (Phi) is 4.60. The highest BCUT2D eigenvalue weighted by atomic mass is 16.5. The van der Waals surface area contributed by atoms with Crippen LogP contribution in [0.15, 0.2) is 48.5 Å². The van der Waals surface area contributed by atoms with Gasteiger partial charge < -0.3 is 10.5 Å². The molecule has 0 aromatic heterocycles. The van der Waals surface area contributed by atoms with Crippen molar-refractivity contribution in [2.75, 3.05) is 6.54 Å². The summed E-state index contributed by atoms with van der Waals surface area (Å²) in [5.41, 5.74) is 8.61. The summed E-state index contributed by atoms with van der Waals surface area (Å²) in [5, 5.41) is 0. The zero-order chi connectivity index (χ0) is 13.5. The fraction of sp³-hybridized carbons (Fsp3) is 0.176. The summed E-state index contributed by atoms with van der Waals surface area (Å²) in [4.78, 5) is 0. The number of ether oxygens (including phenoxy) is 1. The monoisotopic (exact) mass is 251 g/mol. The standard InChI is InChI=1S/C17H17NO/c1-14-9-10-17(16(12-14)8-5-11-18)19-13-15-6-3-2-4-7-15/h2-4,6-7,9-10,12H,11,13,18H2,1H3. The zero-order valence-corrected chi connectivity index (χ0v) is 11.0.